The number of ketones is 1. The Balaban J connectivity index is 1.63. The van der Waals surface area contributed by atoms with Crippen LogP contribution in [0.1, 0.15) is 30.6 Å². The number of nitrogens with zero attached hydrogens (tertiary/aromatic N) is 3. The second-order valence-corrected chi connectivity index (χ2v) is 6.31. The quantitative estimate of drug-likeness (QED) is 0.768. The van der Waals surface area contributed by atoms with Crippen molar-refractivity contribution >= 4 is 11.3 Å². The van der Waals surface area contributed by atoms with Crippen molar-refractivity contribution in [3.8, 4) is 5.75 Å². The smallest absolute Gasteiger partial charge is 0.169 e. The van der Waals surface area contributed by atoms with Crippen LogP contribution >= 0.6 is 0 Å². The van der Waals surface area contributed by atoms with Crippen LogP contribution < -0.4 is 4.74 Å². The van der Waals surface area contributed by atoms with Crippen LogP contribution in [0.3, 0.4) is 0 Å². The van der Waals surface area contributed by atoms with Crippen LogP contribution in [-0.4, -0.2) is 52.7 Å². The molecule has 1 atom stereocenters. The third kappa shape index (κ3) is 3.52. The first-order valence-corrected chi connectivity index (χ1v) is 8.05. The van der Waals surface area contributed by atoms with E-state index in [1.807, 2.05) is 26.0 Å². The van der Waals surface area contributed by atoms with Gasteiger partial charge in [-0.3, -0.25) is 9.69 Å². The van der Waals surface area contributed by atoms with Gasteiger partial charge in [0.2, 0.25) is 0 Å². The molecule has 0 saturated carbocycles. The van der Waals surface area contributed by atoms with Gasteiger partial charge in [0, 0.05) is 25.6 Å². The SMILES string of the molecule is CC(C)C(=O)c1cnn2cc(OCCN3CC[C@@H](F)C3)ccc12. The van der Waals surface area contributed by atoms with Crippen molar-refractivity contribution in [3.63, 3.8) is 0 Å². The molecule has 2 aromatic rings. The largest absolute Gasteiger partial charge is 0.491 e. The molecule has 6 heteroatoms. The van der Waals surface area contributed by atoms with E-state index in [0.29, 0.717) is 37.4 Å². The lowest BCUT2D eigenvalue weighted by atomic mass is 10.0. The van der Waals surface area contributed by atoms with Crippen molar-refractivity contribution in [2.24, 2.45) is 5.92 Å². The molecule has 0 bridgehead atoms. The minimum absolute atomic E-state index is 0.0567. The average molecular weight is 319 g/mol. The highest BCUT2D eigenvalue weighted by Gasteiger charge is 2.21. The average Bonchev–Trinajstić information content (AvgIpc) is 3.12. The molecule has 1 aliphatic heterocycles. The Morgan fingerprint density at radius 1 is 1.48 bits per heavy atom. The topological polar surface area (TPSA) is 46.8 Å². The predicted octanol–water partition coefficient (Wildman–Crippen LogP) is 2.60. The van der Waals surface area contributed by atoms with Gasteiger partial charge in [0.05, 0.1) is 23.5 Å². The van der Waals surface area contributed by atoms with Crippen molar-refractivity contribution < 1.29 is 13.9 Å². The highest BCUT2D eigenvalue weighted by molar-refractivity contribution is 6.03. The monoisotopic (exact) mass is 319 g/mol. The number of rotatable bonds is 6. The van der Waals surface area contributed by atoms with Gasteiger partial charge in [-0.1, -0.05) is 13.8 Å². The van der Waals surface area contributed by atoms with Crippen LogP contribution in [0.2, 0.25) is 0 Å². The number of likely N-dealkylation sites (tertiary alicyclic amines) is 1. The second kappa shape index (κ2) is 6.66. The van der Waals surface area contributed by atoms with E-state index in [1.54, 1.807) is 16.9 Å². The van der Waals surface area contributed by atoms with Gasteiger partial charge in [0.15, 0.2) is 5.78 Å². The summed E-state index contributed by atoms with van der Waals surface area (Å²) in [6.07, 6.45) is 3.29. The summed E-state index contributed by atoms with van der Waals surface area (Å²) in [5, 5.41) is 4.23. The molecule has 0 spiro atoms. The van der Waals surface area contributed by atoms with Crippen LogP contribution in [0.25, 0.3) is 5.52 Å². The maximum absolute atomic E-state index is 13.1. The third-order valence-corrected chi connectivity index (χ3v) is 4.17. The minimum atomic E-state index is -0.702. The fourth-order valence-corrected chi connectivity index (χ4v) is 2.83. The first-order valence-electron chi connectivity index (χ1n) is 8.05. The fourth-order valence-electron chi connectivity index (χ4n) is 2.83. The van der Waals surface area contributed by atoms with Gasteiger partial charge >= 0.3 is 0 Å². The van der Waals surface area contributed by atoms with Crippen LogP contribution in [0.4, 0.5) is 4.39 Å². The summed E-state index contributed by atoms with van der Waals surface area (Å²) in [5.74, 6) is 0.724. The van der Waals surface area contributed by atoms with Gasteiger partial charge in [0.1, 0.15) is 18.5 Å². The lowest BCUT2D eigenvalue weighted by molar-refractivity contribution is 0.0941. The van der Waals surface area contributed by atoms with Crippen LogP contribution in [0.15, 0.2) is 24.5 Å². The minimum Gasteiger partial charge on any atom is -0.491 e. The van der Waals surface area contributed by atoms with Crippen LogP contribution in [-0.2, 0) is 0 Å². The Labute approximate surface area is 135 Å². The van der Waals surface area contributed by atoms with Gasteiger partial charge in [-0.2, -0.15) is 5.10 Å². The number of Topliss-reactive ketones (excluding diaryl/α,β-unsaturated/α-hetero) is 1. The Bertz CT molecular complexity index is 698. The van der Waals surface area contributed by atoms with Gasteiger partial charge in [-0.25, -0.2) is 8.91 Å². The predicted molar refractivity (Wildman–Crippen MR) is 85.8 cm³/mol. The summed E-state index contributed by atoms with van der Waals surface area (Å²) in [6, 6.07) is 3.70. The number of alkyl halides is 1. The molecule has 3 rings (SSSR count). The van der Waals surface area contributed by atoms with E-state index >= 15 is 0 Å². The number of pyridine rings is 1. The first kappa shape index (κ1) is 15.9. The lowest BCUT2D eigenvalue weighted by Crippen LogP contribution is -2.26. The van der Waals surface area contributed by atoms with Crippen molar-refractivity contribution in [3.05, 3.63) is 30.1 Å². The number of halogens is 1. The molecule has 0 aliphatic carbocycles. The Morgan fingerprint density at radius 2 is 2.30 bits per heavy atom. The molecule has 0 N–H and O–H groups in total. The molecule has 3 heterocycles. The molecular formula is C17H22FN3O2. The van der Waals surface area contributed by atoms with E-state index in [9.17, 15) is 9.18 Å². The molecule has 1 fully saturated rings. The van der Waals surface area contributed by atoms with Crippen molar-refractivity contribution in [1.29, 1.82) is 0 Å². The molecule has 1 saturated heterocycles. The maximum Gasteiger partial charge on any atom is 0.169 e. The zero-order valence-electron chi connectivity index (χ0n) is 13.5. The van der Waals surface area contributed by atoms with E-state index < -0.39 is 6.17 Å². The van der Waals surface area contributed by atoms with Gasteiger partial charge in [-0.15, -0.1) is 0 Å². The Morgan fingerprint density at radius 3 is 3.00 bits per heavy atom. The van der Waals surface area contributed by atoms with Crippen molar-refractivity contribution in [1.82, 2.24) is 14.5 Å². The molecule has 0 radical (unpaired) electrons. The summed E-state index contributed by atoms with van der Waals surface area (Å²) in [7, 11) is 0. The highest BCUT2D eigenvalue weighted by atomic mass is 19.1. The number of hydrogen-bond donors (Lipinski definition) is 0. The highest BCUT2D eigenvalue weighted by Crippen LogP contribution is 2.19. The van der Waals surface area contributed by atoms with E-state index in [-0.39, 0.29) is 11.7 Å². The Hall–Kier alpha value is -1.95. The molecule has 23 heavy (non-hydrogen) atoms. The lowest BCUT2D eigenvalue weighted by Gasteiger charge is -2.15. The zero-order chi connectivity index (χ0) is 16.4. The standard InChI is InChI=1S/C17H22FN3O2/c1-12(2)17(22)15-9-19-21-11-14(3-4-16(15)21)23-8-7-20-6-5-13(18)10-20/h3-4,9,11-13H,5-8,10H2,1-2H3/t13-/m1/s1. The van der Waals surface area contributed by atoms with E-state index in [2.05, 4.69) is 10.00 Å². The summed E-state index contributed by atoms with van der Waals surface area (Å²) in [6.45, 7) is 6.28. The van der Waals surface area contributed by atoms with Gasteiger partial charge in [0.25, 0.3) is 0 Å². The number of ether oxygens (including phenoxy) is 1. The molecule has 1 aliphatic rings. The molecular weight excluding hydrogens is 297 g/mol. The summed E-state index contributed by atoms with van der Waals surface area (Å²) >= 11 is 0. The van der Waals surface area contributed by atoms with Crippen molar-refractivity contribution in [2.45, 2.75) is 26.4 Å². The molecule has 2 aromatic heterocycles. The first-order chi connectivity index (χ1) is 11.0. The maximum atomic E-state index is 13.1. The number of fused-ring (bicyclic) bond motifs is 1. The molecule has 0 amide bonds. The molecule has 0 unspecified atom stereocenters. The molecule has 0 aromatic carbocycles. The van der Waals surface area contributed by atoms with Crippen LogP contribution in [0.5, 0.6) is 5.75 Å². The fraction of sp³-hybridized carbons (Fsp3) is 0.529. The number of hydrogen-bond acceptors (Lipinski definition) is 4. The van der Waals surface area contributed by atoms with E-state index in [4.69, 9.17) is 4.74 Å². The van der Waals surface area contributed by atoms with Crippen LogP contribution in [0, 0.1) is 5.92 Å². The summed E-state index contributed by atoms with van der Waals surface area (Å²) in [4.78, 5) is 14.2. The summed E-state index contributed by atoms with van der Waals surface area (Å²) < 4.78 is 20.5. The number of aromatic nitrogens is 2. The van der Waals surface area contributed by atoms with E-state index in [0.717, 1.165) is 12.1 Å². The Kier molecular flexibility index (Phi) is 4.61. The van der Waals surface area contributed by atoms with Gasteiger partial charge < -0.3 is 4.74 Å². The van der Waals surface area contributed by atoms with Gasteiger partial charge in [-0.05, 0) is 18.6 Å². The summed E-state index contributed by atoms with van der Waals surface area (Å²) in [5.41, 5.74) is 1.42. The zero-order valence-corrected chi connectivity index (χ0v) is 13.5. The van der Waals surface area contributed by atoms with E-state index in [1.165, 1.54) is 0 Å². The third-order valence-electron chi connectivity index (χ3n) is 4.17. The number of carbonyl (C=O) groups is 1. The second-order valence-electron chi connectivity index (χ2n) is 6.31. The molecule has 5 nitrogen and oxygen atoms in total. The van der Waals surface area contributed by atoms with Crippen molar-refractivity contribution in [2.75, 3.05) is 26.2 Å². The number of carbonyl (C=O) groups excluding carboxylic acids is 1. The normalized spacial score (nSPS) is 18.9. The molecule has 124 valence electrons.